The van der Waals surface area contributed by atoms with Gasteiger partial charge in [0.2, 0.25) is 0 Å². The molecule has 1 heterocycles. The first kappa shape index (κ1) is 34.8. The van der Waals surface area contributed by atoms with Crippen LogP contribution in [0.4, 0.5) is 0 Å². The van der Waals surface area contributed by atoms with Crippen LogP contribution in [0.15, 0.2) is 11.1 Å². The quantitative estimate of drug-likeness (QED) is 0.216. The Hall–Kier alpha value is -0.500. The number of allylic oxidation sites excluding steroid dienone is 2. The maximum absolute atomic E-state index is 11.7. The number of hydrogen-bond acceptors (Lipinski definition) is 6. The summed E-state index contributed by atoms with van der Waals surface area (Å²) in [6.07, 6.45) is 7.67. The number of hydrogen-bond donors (Lipinski definition) is 4. The standard InChI is InChI=1S/C38H66O6/c1-11-28-31(41)23(3)32(42)33(43-28)44-34(4,5)18-16-27(39)22(2)24-14-20-38(10)26-12-13-29-35(6,7)30(40)17-19-36(29,8)25(26)15-21-37(24,38)9/h22-24,27-33,39-42H,11-21H2,1-10H3/t22-,23?,24+,27?,28?,29?,30-,31?,32?,33?,36+,37+,38-/m0/s1. The fourth-order valence-corrected chi connectivity index (χ4v) is 11.5. The maximum Gasteiger partial charge on any atom is 0.184 e. The molecule has 5 aliphatic rings. The number of aliphatic hydroxyl groups is 4. The Morgan fingerprint density at radius 3 is 2.27 bits per heavy atom. The van der Waals surface area contributed by atoms with Gasteiger partial charge in [0, 0.05) is 5.92 Å². The molecular weight excluding hydrogens is 552 g/mol. The van der Waals surface area contributed by atoms with Gasteiger partial charge in [0.1, 0.15) is 6.10 Å². The van der Waals surface area contributed by atoms with E-state index in [1.807, 2.05) is 27.7 Å². The molecule has 254 valence electrons. The molecule has 6 nitrogen and oxygen atoms in total. The zero-order valence-electron chi connectivity index (χ0n) is 29.7. The second-order valence-corrected chi connectivity index (χ2v) is 17.9. The van der Waals surface area contributed by atoms with Crippen molar-refractivity contribution in [1.82, 2.24) is 0 Å². The highest BCUT2D eigenvalue weighted by Gasteiger charge is 2.63. The van der Waals surface area contributed by atoms with Gasteiger partial charge in [-0.2, -0.15) is 0 Å². The number of ether oxygens (including phenoxy) is 2. The Morgan fingerprint density at radius 1 is 0.932 bits per heavy atom. The fourth-order valence-electron chi connectivity index (χ4n) is 11.5. The molecule has 7 unspecified atom stereocenters. The third-order valence-corrected chi connectivity index (χ3v) is 15.0. The van der Waals surface area contributed by atoms with E-state index in [2.05, 4.69) is 41.5 Å². The number of rotatable bonds is 8. The lowest BCUT2D eigenvalue weighted by Crippen LogP contribution is -2.55. The van der Waals surface area contributed by atoms with E-state index in [0.29, 0.717) is 31.1 Å². The van der Waals surface area contributed by atoms with E-state index in [0.717, 1.165) is 32.1 Å². The average Bonchev–Trinajstić information content (AvgIpc) is 3.25. The Morgan fingerprint density at radius 2 is 1.61 bits per heavy atom. The van der Waals surface area contributed by atoms with Gasteiger partial charge in [0.05, 0.1) is 30.0 Å². The van der Waals surface area contributed by atoms with Gasteiger partial charge in [-0.05, 0) is 124 Å². The van der Waals surface area contributed by atoms with Crippen LogP contribution in [0.3, 0.4) is 0 Å². The lowest BCUT2D eigenvalue weighted by molar-refractivity contribution is -0.310. The molecule has 4 aliphatic carbocycles. The topological polar surface area (TPSA) is 99.4 Å². The number of aliphatic hydroxyl groups excluding tert-OH is 4. The van der Waals surface area contributed by atoms with Crippen molar-refractivity contribution in [1.29, 1.82) is 0 Å². The molecule has 0 aromatic rings. The van der Waals surface area contributed by atoms with Gasteiger partial charge in [0.15, 0.2) is 6.29 Å². The van der Waals surface area contributed by atoms with Crippen molar-refractivity contribution in [2.45, 2.75) is 182 Å². The molecule has 6 heteroatoms. The summed E-state index contributed by atoms with van der Waals surface area (Å²) in [4.78, 5) is 0. The zero-order chi connectivity index (χ0) is 32.6. The molecule has 13 atom stereocenters. The molecule has 0 aromatic heterocycles. The van der Waals surface area contributed by atoms with Gasteiger partial charge in [0.25, 0.3) is 0 Å². The summed E-state index contributed by atoms with van der Waals surface area (Å²) >= 11 is 0. The van der Waals surface area contributed by atoms with E-state index in [4.69, 9.17) is 9.47 Å². The normalized spacial score (nSPS) is 47.0. The van der Waals surface area contributed by atoms with Gasteiger partial charge >= 0.3 is 0 Å². The highest BCUT2D eigenvalue weighted by Crippen LogP contribution is 2.72. The van der Waals surface area contributed by atoms with Crippen molar-refractivity contribution in [2.24, 2.45) is 45.3 Å². The van der Waals surface area contributed by atoms with Crippen molar-refractivity contribution < 1.29 is 29.9 Å². The summed E-state index contributed by atoms with van der Waals surface area (Å²) < 4.78 is 12.3. The van der Waals surface area contributed by atoms with Crippen molar-refractivity contribution in [3.63, 3.8) is 0 Å². The van der Waals surface area contributed by atoms with Gasteiger partial charge in [-0.15, -0.1) is 0 Å². The van der Waals surface area contributed by atoms with Crippen LogP contribution >= 0.6 is 0 Å². The number of fused-ring (bicyclic) bond motifs is 4. The van der Waals surface area contributed by atoms with Crippen LogP contribution in [-0.2, 0) is 9.47 Å². The lowest BCUT2D eigenvalue weighted by atomic mass is 9.43. The summed E-state index contributed by atoms with van der Waals surface area (Å²) in [5, 5.41) is 43.8. The Labute approximate surface area is 268 Å². The smallest absolute Gasteiger partial charge is 0.184 e. The second-order valence-electron chi connectivity index (χ2n) is 17.9. The molecule has 44 heavy (non-hydrogen) atoms. The monoisotopic (exact) mass is 618 g/mol. The van der Waals surface area contributed by atoms with Crippen LogP contribution in [0.1, 0.15) is 140 Å². The van der Waals surface area contributed by atoms with E-state index < -0.39 is 30.2 Å². The summed E-state index contributed by atoms with van der Waals surface area (Å²) in [6, 6.07) is 0. The third kappa shape index (κ3) is 5.38. The minimum Gasteiger partial charge on any atom is -0.393 e. The molecule has 1 saturated heterocycles. The molecule has 5 rings (SSSR count). The van der Waals surface area contributed by atoms with Gasteiger partial charge in [-0.1, -0.05) is 66.5 Å². The minimum atomic E-state index is -0.889. The van der Waals surface area contributed by atoms with Gasteiger partial charge in [-0.25, -0.2) is 0 Å². The summed E-state index contributed by atoms with van der Waals surface area (Å²) in [5.74, 6) is 0.867. The Bertz CT molecular complexity index is 1080. The Balaban J connectivity index is 1.27. The van der Waals surface area contributed by atoms with E-state index in [-0.39, 0.29) is 45.7 Å². The van der Waals surface area contributed by atoms with E-state index in [1.54, 1.807) is 11.1 Å². The molecule has 1 aliphatic heterocycles. The minimum absolute atomic E-state index is 0.0417. The van der Waals surface area contributed by atoms with Crippen LogP contribution in [0.25, 0.3) is 0 Å². The van der Waals surface area contributed by atoms with Crippen molar-refractivity contribution in [3.05, 3.63) is 11.1 Å². The van der Waals surface area contributed by atoms with Crippen LogP contribution in [0.5, 0.6) is 0 Å². The second kappa shape index (κ2) is 11.9. The molecule has 3 fully saturated rings. The zero-order valence-corrected chi connectivity index (χ0v) is 29.7. The summed E-state index contributed by atoms with van der Waals surface area (Å²) in [7, 11) is 0. The SMILES string of the molecule is CCC1OC(OC(C)(C)CCC(O)[C@@H](C)[C@H]2CC[C@@]3(C)C4=C(CC[C@]23C)[C@@]2(C)CC[C@H](O)C(C)(C)C2CC4)C(O)C(C)C1O. The van der Waals surface area contributed by atoms with Gasteiger partial charge < -0.3 is 29.9 Å². The average molecular weight is 619 g/mol. The maximum atomic E-state index is 11.7. The van der Waals surface area contributed by atoms with E-state index in [1.165, 1.54) is 19.3 Å². The first-order valence-electron chi connectivity index (χ1n) is 18.1. The summed E-state index contributed by atoms with van der Waals surface area (Å²) in [6.45, 7) is 22.4. The molecular formula is C38H66O6. The molecule has 0 amide bonds. The van der Waals surface area contributed by atoms with Crippen molar-refractivity contribution >= 4 is 0 Å². The van der Waals surface area contributed by atoms with Gasteiger partial charge in [-0.3, -0.25) is 0 Å². The first-order valence-corrected chi connectivity index (χ1v) is 18.1. The molecule has 0 radical (unpaired) electrons. The van der Waals surface area contributed by atoms with Crippen LogP contribution in [0, 0.1) is 45.3 Å². The third-order valence-electron chi connectivity index (χ3n) is 15.0. The Kier molecular flexibility index (Phi) is 9.40. The molecule has 4 N–H and O–H groups in total. The lowest BCUT2D eigenvalue weighted by Gasteiger charge is -2.62. The largest absolute Gasteiger partial charge is 0.393 e. The first-order chi connectivity index (χ1) is 20.3. The molecule has 0 bridgehead atoms. The highest BCUT2D eigenvalue weighted by molar-refractivity contribution is 5.38. The fraction of sp³-hybridized carbons (Fsp3) is 0.947. The van der Waals surface area contributed by atoms with Crippen molar-refractivity contribution in [3.8, 4) is 0 Å². The van der Waals surface area contributed by atoms with Crippen LogP contribution in [-0.4, -0.2) is 62.8 Å². The highest BCUT2D eigenvalue weighted by atomic mass is 16.7. The van der Waals surface area contributed by atoms with Crippen LogP contribution in [0.2, 0.25) is 0 Å². The van der Waals surface area contributed by atoms with E-state index in [9.17, 15) is 20.4 Å². The predicted octanol–water partition coefficient (Wildman–Crippen LogP) is 7.16. The summed E-state index contributed by atoms with van der Waals surface area (Å²) in [5.41, 5.74) is 3.38. The predicted molar refractivity (Wildman–Crippen MR) is 175 cm³/mol. The molecule has 0 aromatic carbocycles. The van der Waals surface area contributed by atoms with E-state index >= 15 is 0 Å². The molecule has 0 spiro atoms. The molecule has 2 saturated carbocycles. The van der Waals surface area contributed by atoms with Crippen LogP contribution < -0.4 is 0 Å². The van der Waals surface area contributed by atoms with Crippen molar-refractivity contribution in [2.75, 3.05) is 0 Å².